The van der Waals surface area contributed by atoms with Crippen LogP contribution in [0.5, 0.6) is 0 Å². The van der Waals surface area contributed by atoms with E-state index in [1.165, 1.54) is 18.2 Å². The summed E-state index contributed by atoms with van der Waals surface area (Å²) in [7, 11) is 0. The van der Waals surface area contributed by atoms with Gasteiger partial charge in [0.25, 0.3) is 17.5 Å². The van der Waals surface area contributed by atoms with Crippen molar-refractivity contribution >= 4 is 23.6 Å². The maximum atomic E-state index is 12.7. The van der Waals surface area contributed by atoms with E-state index in [4.69, 9.17) is 4.42 Å². The molecule has 0 fully saturated rings. The lowest BCUT2D eigenvalue weighted by Crippen LogP contribution is -2.35. The van der Waals surface area contributed by atoms with Crippen molar-refractivity contribution in [2.24, 2.45) is 0 Å². The predicted octanol–water partition coefficient (Wildman–Crippen LogP) is 4.85. The molecule has 0 bridgehead atoms. The Balaban J connectivity index is 1.86. The molecule has 0 spiro atoms. The molecule has 170 valence electrons. The number of rotatable bonds is 9. The maximum absolute atomic E-state index is 12.7. The average molecular weight is 447 g/mol. The molecule has 2 N–H and O–H groups in total. The summed E-state index contributed by atoms with van der Waals surface area (Å²) in [6.45, 7) is 4.41. The molecule has 0 unspecified atom stereocenters. The summed E-state index contributed by atoms with van der Waals surface area (Å²) < 4.78 is 5.78. The first-order chi connectivity index (χ1) is 15.9. The van der Waals surface area contributed by atoms with Crippen molar-refractivity contribution in [3.8, 4) is 11.3 Å². The second kappa shape index (κ2) is 10.9. The SMILES string of the molecule is CCCCNC(=O)C(=Cc1ccc(-c2cccc([N+](=O)[O-])c2)o1)NC(=O)c1ccc(C)cc1. The fourth-order valence-corrected chi connectivity index (χ4v) is 3.03. The highest BCUT2D eigenvalue weighted by molar-refractivity contribution is 6.05. The topological polar surface area (TPSA) is 114 Å². The van der Waals surface area contributed by atoms with Crippen molar-refractivity contribution in [1.29, 1.82) is 0 Å². The van der Waals surface area contributed by atoms with E-state index in [1.54, 1.807) is 36.4 Å². The zero-order valence-corrected chi connectivity index (χ0v) is 18.5. The quantitative estimate of drug-likeness (QED) is 0.211. The Morgan fingerprint density at radius 3 is 2.55 bits per heavy atom. The Bertz CT molecular complexity index is 1180. The Morgan fingerprint density at radius 1 is 1.09 bits per heavy atom. The third-order valence-corrected chi connectivity index (χ3v) is 4.88. The molecule has 0 radical (unpaired) electrons. The molecule has 1 heterocycles. The van der Waals surface area contributed by atoms with E-state index < -0.39 is 16.7 Å². The summed E-state index contributed by atoms with van der Waals surface area (Å²) in [6.07, 6.45) is 3.16. The van der Waals surface area contributed by atoms with Crippen molar-refractivity contribution in [1.82, 2.24) is 10.6 Å². The number of carbonyl (C=O) groups excluding carboxylic acids is 2. The van der Waals surface area contributed by atoms with E-state index in [2.05, 4.69) is 10.6 Å². The molecule has 33 heavy (non-hydrogen) atoms. The van der Waals surface area contributed by atoms with Crippen LogP contribution in [0.25, 0.3) is 17.4 Å². The van der Waals surface area contributed by atoms with Crippen LogP contribution in [0.2, 0.25) is 0 Å². The van der Waals surface area contributed by atoms with Crippen molar-refractivity contribution in [3.63, 3.8) is 0 Å². The number of nitro benzene ring substituents is 1. The molecule has 0 aliphatic rings. The lowest BCUT2D eigenvalue weighted by Gasteiger charge is -2.10. The number of furan rings is 1. The van der Waals surface area contributed by atoms with Crippen LogP contribution in [0.1, 0.15) is 41.4 Å². The number of aryl methyl sites for hydroxylation is 1. The Hall–Kier alpha value is -4.20. The minimum atomic E-state index is -0.480. The molecule has 8 heteroatoms. The van der Waals surface area contributed by atoms with Gasteiger partial charge in [0, 0.05) is 35.9 Å². The lowest BCUT2D eigenvalue weighted by atomic mass is 10.1. The van der Waals surface area contributed by atoms with Gasteiger partial charge in [-0.1, -0.05) is 43.2 Å². The van der Waals surface area contributed by atoms with Crippen LogP contribution < -0.4 is 10.6 Å². The van der Waals surface area contributed by atoms with Gasteiger partial charge in [-0.3, -0.25) is 19.7 Å². The third-order valence-electron chi connectivity index (χ3n) is 4.88. The Morgan fingerprint density at radius 2 is 1.85 bits per heavy atom. The molecule has 2 amide bonds. The molecule has 3 rings (SSSR count). The second-order valence-corrected chi connectivity index (χ2v) is 7.50. The number of hydrogen-bond donors (Lipinski definition) is 2. The van der Waals surface area contributed by atoms with Crippen LogP contribution in [-0.2, 0) is 4.79 Å². The van der Waals surface area contributed by atoms with Gasteiger partial charge >= 0.3 is 0 Å². The van der Waals surface area contributed by atoms with E-state index >= 15 is 0 Å². The molecular formula is C25H25N3O5. The number of unbranched alkanes of at least 4 members (excludes halogenated alkanes) is 1. The predicted molar refractivity (Wildman–Crippen MR) is 125 cm³/mol. The number of nitro groups is 1. The largest absolute Gasteiger partial charge is 0.457 e. The molecule has 3 aromatic rings. The lowest BCUT2D eigenvalue weighted by molar-refractivity contribution is -0.384. The molecule has 0 saturated heterocycles. The van der Waals surface area contributed by atoms with Gasteiger partial charge in [-0.2, -0.15) is 0 Å². The molecule has 0 atom stereocenters. The number of amides is 2. The van der Waals surface area contributed by atoms with Gasteiger partial charge in [0.05, 0.1) is 4.92 Å². The average Bonchev–Trinajstić information content (AvgIpc) is 3.28. The van der Waals surface area contributed by atoms with Gasteiger partial charge in [-0.25, -0.2) is 0 Å². The highest BCUT2D eigenvalue weighted by Gasteiger charge is 2.16. The standard InChI is InChI=1S/C25H25N3O5/c1-3-4-14-26-25(30)22(27-24(29)18-10-8-17(2)9-11-18)16-21-12-13-23(33-21)19-6-5-7-20(15-19)28(31)32/h5-13,15-16H,3-4,14H2,1-2H3,(H,26,30)(H,27,29). The summed E-state index contributed by atoms with van der Waals surface area (Å²) in [6, 6.07) is 16.3. The van der Waals surface area contributed by atoms with E-state index in [1.807, 2.05) is 26.0 Å². The number of nitrogens with zero attached hydrogens (tertiary/aromatic N) is 1. The smallest absolute Gasteiger partial charge is 0.270 e. The van der Waals surface area contributed by atoms with Crippen molar-refractivity contribution < 1.29 is 18.9 Å². The summed E-state index contributed by atoms with van der Waals surface area (Å²) in [4.78, 5) is 36.0. The van der Waals surface area contributed by atoms with Crippen LogP contribution >= 0.6 is 0 Å². The van der Waals surface area contributed by atoms with Crippen LogP contribution in [-0.4, -0.2) is 23.3 Å². The first-order valence-electron chi connectivity index (χ1n) is 10.6. The van der Waals surface area contributed by atoms with Gasteiger partial charge in [-0.05, 0) is 37.6 Å². The number of hydrogen-bond acceptors (Lipinski definition) is 5. The van der Waals surface area contributed by atoms with Crippen molar-refractivity contribution in [2.75, 3.05) is 6.54 Å². The fourth-order valence-electron chi connectivity index (χ4n) is 3.03. The first-order valence-corrected chi connectivity index (χ1v) is 10.6. The molecule has 2 aromatic carbocycles. The van der Waals surface area contributed by atoms with Gasteiger partial charge in [0.1, 0.15) is 17.2 Å². The van der Waals surface area contributed by atoms with E-state index in [9.17, 15) is 19.7 Å². The Labute approximate surface area is 191 Å². The monoisotopic (exact) mass is 447 g/mol. The van der Waals surface area contributed by atoms with Crippen LogP contribution in [0.4, 0.5) is 5.69 Å². The van der Waals surface area contributed by atoms with E-state index in [-0.39, 0.29) is 11.4 Å². The van der Waals surface area contributed by atoms with Crippen molar-refractivity contribution in [3.05, 3.63) is 93.4 Å². The van der Waals surface area contributed by atoms with E-state index in [0.717, 1.165) is 18.4 Å². The summed E-state index contributed by atoms with van der Waals surface area (Å²) in [5, 5.41) is 16.5. The normalized spacial score (nSPS) is 11.2. The maximum Gasteiger partial charge on any atom is 0.270 e. The minimum absolute atomic E-state index is 0.0385. The molecule has 1 aromatic heterocycles. The van der Waals surface area contributed by atoms with Gasteiger partial charge in [0.2, 0.25) is 0 Å². The van der Waals surface area contributed by atoms with Crippen LogP contribution in [0, 0.1) is 17.0 Å². The minimum Gasteiger partial charge on any atom is -0.457 e. The highest BCUT2D eigenvalue weighted by Crippen LogP contribution is 2.26. The molecular weight excluding hydrogens is 422 g/mol. The molecule has 8 nitrogen and oxygen atoms in total. The first kappa shape index (κ1) is 23.5. The highest BCUT2D eigenvalue weighted by atomic mass is 16.6. The van der Waals surface area contributed by atoms with E-state index in [0.29, 0.717) is 29.2 Å². The van der Waals surface area contributed by atoms with Gasteiger partial charge < -0.3 is 15.1 Å². The zero-order valence-electron chi connectivity index (χ0n) is 18.5. The van der Waals surface area contributed by atoms with Crippen molar-refractivity contribution in [2.45, 2.75) is 26.7 Å². The number of benzene rings is 2. The molecule has 0 aliphatic heterocycles. The molecule has 0 aliphatic carbocycles. The number of non-ortho nitro benzene ring substituents is 1. The summed E-state index contributed by atoms with van der Waals surface area (Å²) in [5.41, 5.74) is 1.95. The number of carbonyl (C=O) groups is 2. The van der Waals surface area contributed by atoms with Gasteiger partial charge in [-0.15, -0.1) is 0 Å². The number of nitrogens with one attached hydrogen (secondary N) is 2. The fraction of sp³-hybridized carbons (Fsp3) is 0.200. The van der Waals surface area contributed by atoms with Gasteiger partial charge in [0.15, 0.2) is 0 Å². The summed E-state index contributed by atoms with van der Waals surface area (Å²) >= 11 is 0. The Kier molecular flexibility index (Phi) is 7.75. The molecule has 0 saturated carbocycles. The van der Waals surface area contributed by atoms with Crippen LogP contribution in [0.15, 0.2) is 70.8 Å². The second-order valence-electron chi connectivity index (χ2n) is 7.50. The van der Waals surface area contributed by atoms with Crippen LogP contribution in [0.3, 0.4) is 0 Å². The summed E-state index contributed by atoms with van der Waals surface area (Å²) in [5.74, 6) is -0.128. The third kappa shape index (κ3) is 6.39. The zero-order chi connectivity index (χ0) is 23.8.